The van der Waals surface area contributed by atoms with Gasteiger partial charge in [-0.15, -0.1) is 0 Å². The number of hydrogen-bond acceptors (Lipinski definition) is 1. The van der Waals surface area contributed by atoms with Crippen molar-refractivity contribution in [3.8, 4) is 0 Å². The van der Waals surface area contributed by atoms with Gasteiger partial charge in [-0.1, -0.05) is 25.8 Å². The first-order valence-electron chi connectivity index (χ1n) is 4.07. The minimum atomic E-state index is 0.385. The highest BCUT2D eigenvalue weighted by Gasteiger charge is 1.96. The van der Waals surface area contributed by atoms with E-state index < -0.39 is 0 Å². The summed E-state index contributed by atoms with van der Waals surface area (Å²) in [5.41, 5.74) is 0. The van der Waals surface area contributed by atoms with Gasteiger partial charge in [-0.2, -0.15) is 0 Å². The zero-order valence-electron chi connectivity index (χ0n) is 7.26. The molecule has 0 radical (unpaired) electrons. The van der Waals surface area contributed by atoms with Crippen molar-refractivity contribution in [3.63, 3.8) is 0 Å². The standard InChI is InChI=1S/C9H18O/c1-4-6-7-9(3)10-8-5-2/h5,8-9H,4,6-7H2,1-3H3. The smallest absolute Gasteiger partial charge is 0.0950 e. The molecule has 0 amide bonds. The van der Waals surface area contributed by atoms with E-state index in [0.29, 0.717) is 6.10 Å². The fourth-order valence-electron chi connectivity index (χ4n) is 0.772. The molecular weight excluding hydrogens is 124 g/mol. The van der Waals surface area contributed by atoms with Crippen LogP contribution in [-0.2, 0) is 4.74 Å². The summed E-state index contributed by atoms with van der Waals surface area (Å²) in [6.07, 6.45) is 7.75. The van der Waals surface area contributed by atoms with E-state index in [1.165, 1.54) is 19.3 Å². The lowest BCUT2D eigenvalue weighted by molar-refractivity contribution is 0.150. The average Bonchev–Trinajstić information content (AvgIpc) is 1.97. The number of rotatable bonds is 5. The first kappa shape index (κ1) is 9.54. The van der Waals surface area contributed by atoms with E-state index in [0.717, 1.165) is 0 Å². The highest BCUT2D eigenvalue weighted by atomic mass is 16.5. The maximum atomic E-state index is 5.31. The Morgan fingerprint density at radius 3 is 2.70 bits per heavy atom. The molecule has 0 fully saturated rings. The van der Waals surface area contributed by atoms with Crippen molar-refractivity contribution in [1.29, 1.82) is 0 Å². The van der Waals surface area contributed by atoms with Gasteiger partial charge in [0.25, 0.3) is 0 Å². The van der Waals surface area contributed by atoms with Crippen LogP contribution in [0.15, 0.2) is 12.3 Å². The van der Waals surface area contributed by atoms with Gasteiger partial charge in [0, 0.05) is 0 Å². The lowest BCUT2D eigenvalue weighted by Gasteiger charge is -2.09. The average molecular weight is 142 g/mol. The van der Waals surface area contributed by atoms with Gasteiger partial charge in [0.05, 0.1) is 12.4 Å². The van der Waals surface area contributed by atoms with Crippen LogP contribution in [0.4, 0.5) is 0 Å². The van der Waals surface area contributed by atoms with Gasteiger partial charge >= 0.3 is 0 Å². The van der Waals surface area contributed by atoms with Crippen LogP contribution >= 0.6 is 0 Å². The molecule has 1 nitrogen and oxygen atoms in total. The van der Waals surface area contributed by atoms with E-state index in [4.69, 9.17) is 4.74 Å². The molecule has 1 atom stereocenters. The number of hydrogen-bond donors (Lipinski definition) is 0. The van der Waals surface area contributed by atoms with Crippen LogP contribution in [0.2, 0.25) is 0 Å². The van der Waals surface area contributed by atoms with Gasteiger partial charge in [0.1, 0.15) is 0 Å². The number of allylic oxidation sites excluding steroid dienone is 1. The maximum Gasteiger partial charge on any atom is 0.0950 e. The van der Waals surface area contributed by atoms with Crippen molar-refractivity contribution in [2.24, 2.45) is 0 Å². The molecule has 0 aromatic rings. The minimum absolute atomic E-state index is 0.385. The molecule has 60 valence electrons. The summed E-state index contributed by atoms with van der Waals surface area (Å²) in [7, 11) is 0. The molecule has 0 aliphatic carbocycles. The Bertz CT molecular complexity index is 86.7. The molecule has 0 aromatic heterocycles. The lowest BCUT2D eigenvalue weighted by atomic mass is 10.2. The van der Waals surface area contributed by atoms with E-state index in [9.17, 15) is 0 Å². The Labute approximate surface area is 64.1 Å². The third-order valence-electron chi connectivity index (χ3n) is 1.41. The second kappa shape index (κ2) is 6.66. The Balaban J connectivity index is 3.16. The van der Waals surface area contributed by atoms with Crippen molar-refractivity contribution in [3.05, 3.63) is 12.3 Å². The highest BCUT2D eigenvalue weighted by molar-refractivity contribution is 4.67. The van der Waals surface area contributed by atoms with Crippen LogP contribution in [0.3, 0.4) is 0 Å². The molecule has 1 heteroatoms. The predicted molar refractivity (Wildman–Crippen MR) is 44.9 cm³/mol. The zero-order valence-corrected chi connectivity index (χ0v) is 7.26. The van der Waals surface area contributed by atoms with Gasteiger partial charge in [0.2, 0.25) is 0 Å². The fraction of sp³-hybridized carbons (Fsp3) is 0.778. The van der Waals surface area contributed by atoms with Gasteiger partial charge in [0.15, 0.2) is 0 Å². The molecule has 0 bridgehead atoms. The Kier molecular flexibility index (Phi) is 6.35. The van der Waals surface area contributed by atoms with Crippen LogP contribution in [0.5, 0.6) is 0 Å². The summed E-state index contributed by atoms with van der Waals surface area (Å²) in [6, 6.07) is 0. The molecule has 0 saturated carbocycles. The molecule has 10 heavy (non-hydrogen) atoms. The quantitative estimate of drug-likeness (QED) is 0.536. The fourth-order valence-corrected chi connectivity index (χ4v) is 0.772. The monoisotopic (exact) mass is 142 g/mol. The first-order chi connectivity index (χ1) is 4.81. The molecule has 0 aliphatic heterocycles. The van der Waals surface area contributed by atoms with Gasteiger partial charge < -0.3 is 4.74 Å². The van der Waals surface area contributed by atoms with E-state index in [-0.39, 0.29) is 0 Å². The predicted octanol–water partition coefficient (Wildman–Crippen LogP) is 3.12. The second-order valence-electron chi connectivity index (χ2n) is 2.56. The van der Waals surface area contributed by atoms with E-state index >= 15 is 0 Å². The molecule has 0 N–H and O–H groups in total. The third kappa shape index (κ3) is 5.67. The van der Waals surface area contributed by atoms with E-state index in [2.05, 4.69) is 13.8 Å². The second-order valence-corrected chi connectivity index (χ2v) is 2.56. The van der Waals surface area contributed by atoms with E-state index in [1.54, 1.807) is 6.26 Å². The molecular formula is C9H18O. The summed E-state index contributed by atoms with van der Waals surface area (Å²) in [6.45, 7) is 6.27. The number of unbranched alkanes of at least 4 members (excludes halogenated alkanes) is 1. The third-order valence-corrected chi connectivity index (χ3v) is 1.41. The largest absolute Gasteiger partial charge is 0.499 e. The normalized spacial score (nSPS) is 13.9. The summed E-state index contributed by atoms with van der Waals surface area (Å²) in [4.78, 5) is 0. The van der Waals surface area contributed by atoms with Crippen molar-refractivity contribution < 1.29 is 4.74 Å². The van der Waals surface area contributed by atoms with Gasteiger partial charge in [-0.3, -0.25) is 0 Å². The zero-order chi connectivity index (χ0) is 7.82. The molecule has 0 aliphatic rings. The van der Waals surface area contributed by atoms with Crippen molar-refractivity contribution >= 4 is 0 Å². The Morgan fingerprint density at radius 2 is 2.20 bits per heavy atom. The summed E-state index contributed by atoms with van der Waals surface area (Å²) in [5.74, 6) is 0. The van der Waals surface area contributed by atoms with Crippen LogP contribution in [0.25, 0.3) is 0 Å². The molecule has 1 unspecified atom stereocenters. The molecule has 0 heterocycles. The van der Waals surface area contributed by atoms with Crippen LogP contribution in [-0.4, -0.2) is 6.10 Å². The first-order valence-corrected chi connectivity index (χ1v) is 4.07. The topological polar surface area (TPSA) is 9.23 Å². The summed E-state index contributed by atoms with van der Waals surface area (Å²) >= 11 is 0. The molecule has 0 rings (SSSR count). The summed E-state index contributed by atoms with van der Waals surface area (Å²) < 4.78 is 5.31. The van der Waals surface area contributed by atoms with Crippen molar-refractivity contribution in [2.45, 2.75) is 46.1 Å². The molecule has 0 aromatic carbocycles. The molecule has 0 spiro atoms. The summed E-state index contributed by atoms with van der Waals surface area (Å²) in [5, 5.41) is 0. The van der Waals surface area contributed by atoms with Crippen molar-refractivity contribution in [2.75, 3.05) is 0 Å². The SMILES string of the molecule is CC=COC(C)CCCC. The Hall–Kier alpha value is -0.460. The number of ether oxygens (including phenoxy) is 1. The van der Waals surface area contributed by atoms with Gasteiger partial charge in [-0.05, 0) is 20.3 Å². The minimum Gasteiger partial charge on any atom is -0.499 e. The lowest BCUT2D eigenvalue weighted by Crippen LogP contribution is -2.02. The van der Waals surface area contributed by atoms with Gasteiger partial charge in [-0.25, -0.2) is 0 Å². The highest BCUT2D eigenvalue weighted by Crippen LogP contribution is 2.03. The maximum absolute atomic E-state index is 5.31. The van der Waals surface area contributed by atoms with Crippen LogP contribution in [0.1, 0.15) is 40.0 Å². The Morgan fingerprint density at radius 1 is 1.50 bits per heavy atom. The van der Waals surface area contributed by atoms with E-state index in [1.807, 2.05) is 13.0 Å². The van der Waals surface area contributed by atoms with Crippen molar-refractivity contribution in [1.82, 2.24) is 0 Å². The molecule has 0 saturated heterocycles. The van der Waals surface area contributed by atoms with Crippen LogP contribution < -0.4 is 0 Å². The van der Waals surface area contributed by atoms with Crippen LogP contribution in [0, 0.1) is 0 Å².